The molecule has 2 rings (SSSR count). The lowest BCUT2D eigenvalue weighted by molar-refractivity contribution is 0.0937. The molecule has 0 bridgehead atoms. The van der Waals surface area contributed by atoms with Crippen molar-refractivity contribution in [2.75, 3.05) is 19.6 Å². The molecule has 1 atom stereocenters. The zero-order chi connectivity index (χ0) is 14.0. The molecule has 0 N–H and O–H groups in total. The van der Waals surface area contributed by atoms with E-state index in [9.17, 15) is 4.79 Å². The van der Waals surface area contributed by atoms with Crippen LogP contribution in [0.25, 0.3) is 0 Å². The SMILES string of the molecule is Cc1ccccc1C(=O)CN1CCC(C(C)(C)C)C1. The monoisotopic (exact) mass is 259 g/mol. The van der Waals surface area contributed by atoms with Gasteiger partial charge in [0.05, 0.1) is 6.54 Å². The van der Waals surface area contributed by atoms with Crippen molar-refractivity contribution in [1.29, 1.82) is 0 Å². The number of hydrogen-bond acceptors (Lipinski definition) is 2. The first-order chi connectivity index (χ1) is 8.88. The second-order valence-electron chi connectivity index (χ2n) is 6.82. The fourth-order valence-electron chi connectivity index (χ4n) is 2.86. The van der Waals surface area contributed by atoms with Crippen molar-refractivity contribution in [2.45, 2.75) is 34.1 Å². The van der Waals surface area contributed by atoms with E-state index in [1.165, 1.54) is 6.42 Å². The number of nitrogens with zero attached hydrogens (tertiary/aromatic N) is 1. The molecule has 0 spiro atoms. The molecule has 0 aromatic heterocycles. The summed E-state index contributed by atoms with van der Waals surface area (Å²) in [5.74, 6) is 0.963. The molecule has 1 aliphatic rings. The van der Waals surface area contributed by atoms with Gasteiger partial charge >= 0.3 is 0 Å². The van der Waals surface area contributed by atoms with Crippen molar-refractivity contribution in [3.05, 3.63) is 35.4 Å². The van der Waals surface area contributed by atoms with Crippen LogP contribution in [-0.2, 0) is 0 Å². The van der Waals surface area contributed by atoms with Crippen molar-refractivity contribution in [3.63, 3.8) is 0 Å². The van der Waals surface area contributed by atoms with Crippen molar-refractivity contribution < 1.29 is 4.79 Å². The summed E-state index contributed by atoms with van der Waals surface area (Å²) in [7, 11) is 0. The first kappa shape index (κ1) is 14.3. The Balaban J connectivity index is 1.97. The highest BCUT2D eigenvalue weighted by Crippen LogP contribution is 2.33. The Labute approximate surface area is 116 Å². The third-order valence-electron chi connectivity index (χ3n) is 4.31. The molecular formula is C17H25NO. The molecule has 0 radical (unpaired) electrons. The van der Waals surface area contributed by atoms with E-state index in [-0.39, 0.29) is 5.78 Å². The number of ketones is 1. The lowest BCUT2D eigenvalue weighted by atomic mass is 9.80. The Morgan fingerprint density at radius 3 is 2.58 bits per heavy atom. The number of aryl methyl sites for hydroxylation is 1. The predicted octanol–water partition coefficient (Wildman–Crippen LogP) is 3.55. The lowest BCUT2D eigenvalue weighted by Gasteiger charge is -2.27. The first-order valence-electron chi connectivity index (χ1n) is 7.19. The van der Waals surface area contributed by atoms with Gasteiger partial charge in [-0.15, -0.1) is 0 Å². The quantitative estimate of drug-likeness (QED) is 0.774. The van der Waals surface area contributed by atoms with Crippen LogP contribution in [0, 0.1) is 18.3 Å². The third kappa shape index (κ3) is 3.44. The molecular weight excluding hydrogens is 234 g/mol. The van der Waals surface area contributed by atoms with Crippen LogP contribution in [0.5, 0.6) is 0 Å². The summed E-state index contributed by atoms with van der Waals surface area (Å²) in [5, 5.41) is 0. The van der Waals surface area contributed by atoms with E-state index in [1.807, 2.05) is 31.2 Å². The Kier molecular flexibility index (Phi) is 4.10. The second-order valence-corrected chi connectivity index (χ2v) is 6.82. The fraction of sp³-hybridized carbons (Fsp3) is 0.588. The molecule has 1 aliphatic heterocycles. The summed E-state index contributed by atoms with van der Waals surface area (Å²) < 4.78 is 0. The topological polar surface area (TPSA) is 20.3 Å². The largest absolute Gasteiger partial charge is 0.295 e. The van der Waals surface area contributed by atoms with Crippen molar-refractivity contribution in [1.82, 2.24) is 4.90 Å². The standard InChI is InChI=1S/C17H25NO/c1-13-7-5-6-8-15(13)16(19)12-18-10-9-14(11-18)17(2,3)4/h5-8,14H,9-12H2,1-4H3. The van der Waals surface area contributed by atoms with Gasteiger partial charge in [-0.05, 0) is 36.8 Å². The second kappa shape index (κ2) is 5.46. The molecule has 104 valence electrons. The molecule has 0 saturated carbocycles. The molecule has 2 nitrogen and oxygen atoms in total. The van der Waals surface area contributed by atoms with Gasteiger partial charge in [-0.3, -0.25) is 9.69 Å². The Hall–Kier alpha value is -1.15. The van der Waals surface area contributed by atoms with Crippen LogP contribution < -0.4 is 0 Å². The third-order valence-corrected chi connectivity index (χ3v) is 4.31. The lowest BCUT2D eigenvalue weighted by Crippen LogP contribution is -2.30. The Morgan fingerprint density at radius 2 is 2.00 bits per heavy atom. The van der Waals surface area contributed by atoms with E-state index < -0.39 is 0 Å². The van der Waals surface area contributed by atoms with Crippen molar-refractivity contribution in [2.24, 2.45) is 11.3 Å². The van der Waals surface area contributed by atoms with E-state index in [4.69, 9.17) is 0 Å². The van der Waals surface area contributed by atoms with Crippen LogP contribution in [0.2, 0.25) is 0 Å². The Morgan fingerprint density at radius 1 is 1.32 bits per heavy atom. The Bertz CT molecular complexity index is 459. The van der Waals surface area contributed by atoms with Gasteiger partial charge in [0.2, 0.25) is 0 Å². The highest BCUT2D eigenvalue weighted by Gasteiger charge is 2.32. The van der Waals surface area contributed by atoms with E-state index in [0.29, 0.717) is 17.9 Å². The van der Waals surface area contributed by atoms with Gasteiger partial charge in [-0.1, -0.05) is 45.0 Å². The van der Waals surface area contributed by atoms with E-state index in [2.05, 4.69) is 25.7 Å². The summed E-state index contributed by atoms with van der Waals surface area (Å²) in [4.78, 5) is 14.6. The van der Waals surface area contributed by atoms with Crippen molar-refractivity contribution >= 4 is 5.78 Å². The van der Waals surface area contributed by atoms with Gasteiger partial charge in [0.15, 0.2) is 5.78 Å². The van der Waals surface area contributed by atoms with Crippen LogP contribution in [0.15, 0.2) is 24.3 Å². The van der Waals surface area contributed by atoms with E-state index >= 15 is 0 Å². The molecule has 1 fully saturated rings. The summed E-state index contributed by atoms with van der Waals surface area (Å²) >= 11 is 0. The number of Topliss-reactive ketones (excluding diaryl/α,β-unsaturated/α-hetero) is 1. The summed E-state index contributed by atoms with van der Waals surface area (Å²) in [6.45, 7) is 11.6. The summed E-state index contributed by atoms with van der Waals surface area (Å²) in [5.41, 5.74) is 2.31. The van der Waals surface area contributed by atoms with E-state index in [1.54, 1.807) is 0 Å². The number of hydrogen-bond donors (Lipinski definition) is 0. The fourth-order valence-corrected chi connectivity index (χ4v) is 2.86. The molecule has 1 aromatic carbocycles. The highest BCUT2D eigenvalue weighted by molar-refractivity contribution is 5.98. The maximum atomic E-state index is 12.3. The smallest absolute Gasteiger partial charge is 0.177 e. The highest BCUT2D eigenvalue weighted by atomic mass is 16.1. The molecule has 0 amide bonds. The van der Waals surface area contributed by atoms with Crippen LogP contribution in [0.1, 0.15) is 43.1 Å². The maximum absolute atomic E-state index is 12.3. The van der Waals surface area contributed by atoms with Crippen LogP contribution in [0.3, 0.4) is 0 Å². The van der Waals surface area contributed by atoms with Crippen molar-refractivity contribution in [3.8, 4) is 0 Å². The van der Waals surface area contributed by atoms with Gasteiger partial charge in [-0.25, -0.2) is 0 Å². The minimum absolute atomic E-state index is 0.257. The minimum Gasteiger partial charge on any atom is -0.295 e. The summed E-state index contributed by atoms with van der Waals surface area (Å²) in [6.07, 6.45) is 1.21. The van der Waals surface area contributed by atoms with Gasteiger partial charge in [0.25, 0.3) is 0 Å². The van der Waals surface area contributed by atoms with Gasteiger partial charge in [-0.2, -0.15) is 0 Å². The number of rotatable bonds is 3. The zero-order valence-corrected chi connectivity index (χ0v) is 12.6. The number of benzene rings is 1. The van der Waals surface area contributed by atoms with Crippen LogP contribution >= 0.6 is 0 Å². The van der Waals surface area contributed by atoms with Crippen LogP contribution in [-0.4, -0.2) is 30.3 Å². The molecule has 19 heavy (non-hydrogen) atoms. The zero-order valence-electron chi connectivity index (χ0n) is 12.6. The van der Waals surface area contributed by atoms with Gasteiger partial charge < -0.3 is 0 Å². The normalized spacial score (nSPS) is 20.7. The van der Waals surface area contributed by atoms with Gasteiger partial charge in [0, 0.05) is 12.1 Å². The number of carbonyl (C=O) groups excluding carboxylic acids is 1. The molecule has 2 heteroatoms. The molecule has 1 unspecified atom stereocenters. The average molecular weight is 259 g/mol. The average Bonchev–Trinajstić information content (AvgIpc) is 2.77. The first-order valence-corrected chi connectivity index (χ1v) is 7.19. The maximum Gasteiger partial charge on any atom is 0.177 e. The van der Waals surface area contributed by atoms with Crippen LogP contribution in [0.4, 0.5) is 0 Å². The predicted molar refractivity (Wildman–Crippen MR) is 79.5 cm³/mol. The molecule has 1 heterocycles. The minimum atomic E-state index is 0.257. The molecule has 1 aromatic rings. The number of likely N-dealkylation sites (tertiary alicyclic amines) is 1. The molecule has 1 saturated heterocycles. The van der Waals surface area contributed by atoms with E-state index in [0.717, 1.165) is 24.2 Å². The number of carbonyl (C=O) groups is 1. The van der Waals surface area contributed by atoms with Gasteiger partial charge in [0.1, 0.15) is 0 Å². The summed E-state index contributed by atoms with van der Waals surface area (Å²) in [6, 6.07) is 7.88. The molecule has 0 aliphatic carbocycles.